The van der Waals surface area contributed by atoms with Crippen LogP contribution in [0.4, 0.5) is 0 Å². The van der Waals surface area contributed by atoms with E-state index >= 15 is 0 Å². The van der Waals surface area contributed by atoms with Gasteiger partial charge in [0.1, 0.15) is 0 Å². The summed E-state index contributed by atoms with van der Waals surface area (Å²) in [5, 5.41) is 3.43. The second-order valence-electron chi connectivity index (χ2n) is 4.44. The molecule has 86 valence electrons. The Morgan fingerprint density at radius 2 is 2.40 bits per heavy atom. The van der Waals surface area contributed by atoms with Crippen molar-refractivity contribution < 1.29 is 4.79 Å². The minimum Gasteiger partial charge on any atom is -0.339 e. The first-order valence-electron chi connectivity index (χ1n) is 5.82. The SMILES string of the molecule is CSCCN1C(=O)CCC2CNCCC21. The number of likely N-dealkylation sites (tertiary alicyclic amines) is 1. The zero-order valence-electron chi connectivity index (χ0n) is 9.37. The Balaban J connectivity index is 1.99. The van der Waals surface area contributed by atoms with Crippen LogP contribution in [0.5, 0.6) is 0 Å². The molecule has 0 saturated carbocycles. The Labute approximate surface area is 96.0 Å². The van der Waals surface area contributed by atoms with E-state index in [4.69, 9.17) is 0 Å². The van der Waals surface area contributed by atoms with E-state index in [0.717, 1.165) is 44.6 Å². The van der Waals surface area contributed by atoms with Gasteiger partial charge in [-0.05, 0) is 38.1 Å². The van der Waals surface area contributed by atoms with Gasteiger partial charge < -0.3 is 10.2 Å². The van der Waals surface area contributed by atoms with E-state index in [1.165, 1.54) is 0 Å². The zero-order chi connectivity index (χ0) is 10.7. The van der Waals surface area contributed by atoms with Crippen molar-refractivity contribution in [3.63, 3.8) is 0 Å². The third kappa shape index (κ3) is 2.48. The van der Waals surface area contributed by atoms with Crippen LogP contribution < -0.4 is 5.32 Å². The van der Waals surface area contributed by atoms with Gasteiger partial charge in [0.15, 0.2) is 0 Å². The van der Waals surface area contributed by atoms with Gasteiger partial charge >= 0.3 is 0 Å². The number of nitrogens with zero attached hydrogens (tertiary/aromatic N) is 1. The predicted molar refractivity (Wildman–Crippen MR) is 64.1 cm³/mol. The van der Waals surface area contributed by atoms with Gasteiger partial charge in [0, 0.05) is 24.8 Å². The summed E-state index contributed by atoms with van der Waals surface area (Å²) in [5.41, 5.74) is 0. The van der Waals surface area contributed by atoms with E-state index in [9.17, 15) is 4.79 Å². The van der Waals surface area contributed by atoms with Gasteiger partial charge in [0.2, 0.25) is 5.91 Å². The first kappa shape index (κ1) is 11.3. The lowest BCUT2D eigenvalue weighted by molar-refractivity contribution is -0.139. The number of fused-ring (bicyclic) bond motifs is 1. The summed E-state index contributed by atoms with van der Waals surface area (Å²) >= 11 is 1.83. The van der Waals surface area contributed by atoms with Crippen LogP contribution >= 0.6 is 11.8 Å². The Hall–Kier alpha value is -0.220. The minimum atomic E-state index is 0.382. The average Bonchev–Trinajstić information content (AvgIpc) is 2.28. The third-order valence-electron chi connectivity index (χ3n) is 3.55. The van der Waals surface area contributed by atoms with Gasteiger partial charge in [0.25, 0.3) is 0 Å². The highest BCUT2D eigenvalue weighted by atomic mass is 32.2. The Morgan fingerprint density at radius 3 is 3.20 bits per heavy atom. The molecule has 0 spiro atoms. The number of carbonyl (C=O) groups is 1. The normalized spacial score (nSPS) is 31.5. The molecule has 2 unspecified atom stereocenters. The maximum atomic E-state index is 11.9. The fourth-order valence-electron chi connectivity index (χ4n) is 2.73. The molecule has 0 radical (unpaired) electrons. The van der Waals surface area contributed by atoms with Gasteiger partial charge in [-0.25, -0.2) is 0 Å². The van der Waals surface area contributed by atoms with Crippen LogP contribution in [0.15, 0.2) is 0 Å². The molecule has 0 aromatic rings. The van der Waals surface area contributed by atoms with Crippen LogP contribution in [0.1, 0.15) is 19.3 Å². The van der Waals surface area contributed by atoms with Crippen LogP contribution in [0.2, 0.25) is 0 Å². The molecule has 2 rings (SSSR count). The van der Waals surface area contributed by atoms with Gasteiger partial charge in [-0.1, -0.05) is 0 Å². The number of hydrogen-bond acceptors (Lipinski definition) is 3. The maximum absolute atomic E-state index is 11.9. The second kappa shape index (κ2) is 5.21. The number of piperidine rings is 2. The summed E-state index contributed by atoms with van der Waals surface area (Å²) in [5.74, 6) is 2.16. The maximum Gasteiger partial charge on any atom is 0.222 e. The topological polar surface area (TPSA) is 32.3 Å². The third-order valence-corrected chi connectivity index (χ3v) is 4.14. The largest absolute Gasteiger partial charge is 0.339 e. The number of amides is 1. The zero-order valence-corrected chi connectivity index (χ0v) is 10.2. The second-order valence-corrected chi connectivity index (χ2v) is 5.42. The lowest BCUT2D eigenvalue weighted by Crippen LogP contribution is -2.55. The molecule has 0 aromatic heterocycles. The van der Waals surface area contributed by atoms with Crippen LogP contribution in [0.3, 0.4) is 0 Å². The minimum absolute atomic E-state index is 0.382. The monoisotopic (exact) mass is 228 g/mol. The highest BCUT2D eigenvalue weighted by Crippen LogP contribution is 2.28. The molecule has 15 heavy (non-hydrogen) atoms. The summed E-state index contributed by atoms with van der Waals surface area (Å²) in [4.78, 5) is 14.0. The van der Waals surface area contributed by atoms with Crippen LogP contribution in [-0.4, -0.2) is 48.5 Å². The van der Waals surface area contributed by atoms with E-state index in [2.05, 4.69) is 16.5 Å². The highest BCUT2D eigenvalue weighted by Gasteiger charge is 2.36. The molecule has 2 aliphatic heterocycles. The molecule has 1 amide bonds. The van der Waals surface area contributed by atoms with E-state index in [1.54, 1.807) is 0 Å². The van der Waals surface area contributed by atoms with E-state index < -0.39 is 0 Å². The number of nitrogens with one attached hydrogen (secondary N) is 1. The first-order valence-corrected chi connectivity index (χ1v) is 7.21. The molecule has 2 atom stereocenters. The molecular weight excluding hydrogens is 208 g/mol. The van der Waals surface area contributed by atoms with Crippen molar-refractivity contribution in [1.29, 1.82) is 0 Å². The van der Waals surface area contributed by atoms with Gasteiger partial charge in [-0.15, -0.1) is 0 Å². The Kier molecular flexibility index (Phi) is 3.92. The molecular formula is C11H20N2OS. The first-order chi connectivity index (χ1) is 7.33. The van der Waals surface area contributed by atoms with Crippen LogP contribution in [0, 0.1) is 5.92 Å². The van der Waals surface area contributed by atoms with Crippen molar-refractivity contribution in [2.75, 3.05) is 31.6 Å². The van der Waals surface area contributed by atoms with Crippen molar-refractivity contribution in [2.45, 2.75) is 25.3 Å². The molecule has 4 heteroatoms. The van der Waals surface area contributed by atoms with Crippen molar-refractivity contribution in [1.82, 2.24) is 10.2 Å². The predicted octanol–water partition coefficient (Wildman–Crippen LogP) is 0.950. The van der Waals surface area contributed by atoms with Crippen LogP contribution in [-0.2, 0) is 4.79 Å². The van der Waals surface area contributed by atoms with Crippen molar-refractivity contribution >= 4 is 17.7 Å². The van der Waals surface area contributed by atoms with Crippen molar-refractivity contribution in [3.05, 3.63) is 0 Å². The number of rotatable bonds is 3. The molecule has 3 nitrogen and oxygen atoms in total. The Morgan fingerprint density at radius 1 is 1.53 bits per heavy atom. The molecule has 2 saturated heterocycles. The summed E-state index contributed by atoms with van der Waals surface area (Å²) < 4.78 is 0. The lowest BCUT2D eigenvalue weighted by Gasteiger charge is -2.44. The lowest BCUT2D eigenvalue weighted by atomic mass is 9.84. The number of hydrogen-bond donors (Lipinski definition) is 1. The van der Waals surface area contributed by atoms with Gasteiger partial charge in [-0.3, -0.25) is 4.79 Å². The van der Waals surface area contributed by atoms with Crippen molar-refractivity contribution in [2.24, 2.45) is 5.92 Å². The van der Waals surface area contributed by atoms with E-state index in [0.29, 0.717) is 17.9 Å². The quantitative estimate of drug-likeness (QED) is 0.780. The fourth-order valence-corrected chi connectivity index (χ4v) is 3.11. The molecule has 1 N–H and O–H groups in total. The highest BCUT2D eigenvalue weighted by molar-refractivity contribution is 7.98. The molecule has 2 aliphatic rings. The standard InChI is InChI=1S/C11H20N2OS/c1-15-7-6-13-10-4-5-12-8-9(10)2-3-11(13)14/h9-10,12H,2-8H2,1H3. The van der Waals surface area contributed by atoms with E-state index in [1.807, 2.05) is 11.8 Å². The molecule has 0 bridgehead atoms. The number of thioether (sulfide) groups is 1. The Bertz CT molecular complexity index is 235. The van der Waals surface area contributed by atoms with Gasteiger partial charge in [0.05, 0.1) is 0 Å². The summed E-state index contributed by atoms with van der Waals surface area (Å²) in [7, 11) is 0. The van der Waals surface area contributed by atoms with Crippen molar-refractivity contribution in [3.8, 4) is 0 Å². The average molecular weight is 228 g/mol. The van der Waals surface area contributed by atoms with E-state index in [-0.39, 0.29) is 0 Å². The van der Waals surface area contributed by atoms with Gasteiger partial charge in [-0.2, -0.15) is 11.8 Å². The molecule has 0 aromatic carbocycles. The smallest absolute Gasteiger partial charge is 0.222 e. The van der Waals surface area contributed by atoms with Crippen LogP contribution in [0.25, 0.3) is 0 Å². The molecule has 2 heterocycles. The molecule has 2 fully saturated rings. The summed E-state index contributed by atoms with van der Waals surface area (Å²) in [6.07, 6.45) is 5.10. The summed E-state index contributed by atoms with van der Waals surface area (Å²) in [6, 6.07) is 0.527. The summed E-state index contributed by atoms with van der Waals surface area (Å²) in [6.45, 7) is 3.12. The fraction of sp³-hybridized carbons (Fsp3) is 0.909. The molecule has 0 aliphatic carbocycles. The number of carbonyl (C=O) groups excluding carboxylic acids is 1.